The minimum absolute atomic E-state index is 0.145. The molecule has 0 amide bonds. The molecule has 128 valence electrons. The van der Waals surface area contributed by atoms with Crippen LogP contribution < -0.4 is 0 Å². The van der Waals surface area contributed by atoms with Gasteiger partial charge < -0.3 is 20.2 Å². The second-order valence-electron chi connectivity index (χ2n) is 6.69. The van der Waals surface area contributed by atoms with Gasteiger partial charge in [0.25, 0.3) is 0 Å². The van der Waals surface area contributed by atoms with Crippen LogP contribution in [0.2, 0.25) is 0 Å². The Balaban J connectivity index is 1.90. The Morgan fingerprint density at radius 2 is 1.64 bits per heavy atom. The molecule has 0 aliphatic carbocycles. The van der Waals surface area contributed by atoms with Gasteiger partial charge in [-0.05, 0) is 53.9 Å². The van der Waals surface area contributed by atoms with E-state index in [1.54, 1.807) is 12.1 Å². The van der Waals surface area contributed by atoms with Crippen molar-refractivity contribution in [1.82, 2.24) is 9.97 Å². The van der Waals surface area contributed by atoms with E-state index < -0.39 is 0 Å². The van der Waals surface area contributed by atoms with E-state index in [2.05, 4.69) is 23.8 Å². The molecular formula is C21H22N2O2. The van der Waals surface area contributed by atoms with Gasteiger partial charge in [0.2, 0.25) is 0 Å². The molecule has 0 bridgehead atoms. The van der Waals surface area contributed by atoms with Gasteiger partial charge in [0.05, 0.1) is 0 Å². The quantitative estimate of drug-likeness (QED) is 0.416. The number of nitrogens with one attached hydrogen (secondary N) is 2. The molecule has 4 nitrogen and oxygen atoms in total. The third kappa shape index (κ3) is 2.54. The lowest BCUT2D eigenvalue weighted by molar-refractivity contribution is 0.475. The highest BCUT2D eigenvalue weighted by Crippen LogP contribution is 2.37. The molecule has 4 heteroatoms. The normalized spacial score (nSPS) is 12.9. The lowest BCUT2D eigenvalue weighted by atomic mass is 9.92. The molecule has 0 saturated heterocycles. The number of aromatic hydroxyl groups is 2. The van der Waals surface area contributed by atoms with Crippen LogP contribution in [0, 0.1) is 0 Å². The zero-order chi connectivity index (χ0) is 17.6. The van der Waals surface area contributed by atoms with Gasteiger partial charge in [0, 0.05) is 39.6 Å². The van der Waals surface area contributed by atoms with Gasteiger partial charge in [-0.25, -0.2) is 0 Å². The Hall–Kier alpha value is -2.88. The van der Waals surface area contributed by atoms with E-state index >= 15 is 0 Å². The van der Waals surface area contributed by atoms with Crippen molar-refractivity contribution in [3.8, 4) is 11.5 Å². The van der Waals surface area contributed by atoms with Gasteiger partial charge in [0.15, 0.2) is 0 Å². The van der Waals surface area contributed by atoms with Crippen molar-refractivity contribution in [3.63, 3.8) is 0 Å². The van der Waals surface area contributed by atoms with E-state index in [4.69, 9.17) is 0 Å². The number of rotatable bonds is 4. The molecule has 2 aromatic heterocycles. The summed E-state index contributed by atoms with van der Waals surface area (Å²) in [4.78, 5) is 6.85. The SMILES string of the molecule is CCCc1c(C(C)c2c[nH]c3ccc(O)cc23)[nH]c2ccc(O)cc12. The molecule has 0 aliphatic rings. The highest BCUT2D eigenvalue weighted by Gasteiger charge is 2.20. The van der Waals surface area contributed by atoms with Crippen molar-refractivity contribution in [2.75, 3.05) is 0 Å². The van der Waals surface area contributed by atoms with Crippen LogP contribution >= 0.6 is 0 Å². The molecule has 0 spiro atoms. The van der Waals surface area contributed by atoms with Gasteiger partial charge in [-0.1, -0.05) is 20.3 Å². The molecule has 0 aliphatic heterocycles. The van der Waals surface area contributed by atoms with Crippen LogP contribution in [0.3, 0.4) is 0 Å². The van der Waals surface area contributed by atoms with E-state index in [0.717, 1.165) is 40.2 Å². The summed E-state index contributed by atoms with van der Waals surface area (Å²) >= 11 is 0. The van der Waals surface area contributed by atoms with Crippen LogP contribution in [0.25, 0.3) is 21.8 Å². The molecular weight excluding hydrogens is 312 g/mol. The second kappa shape index (κ2) is 5.88. The van der Waals surface area contributed by atoms with Crippen molar-refractivity contribution < 1.29 is 10.2 Å². The maximum absolute atomic E-state index is 9.88. The number of aryl methyl sites for hydroxylation is 1. The average Bonchev–Trinajstić information content (AvgIpc) is 3.16. The van der Waals surface area contributed by atoms with Crippen molar-refractivity contribution in [3.05, 3.63) is 59.4 Å². The standard InChI is InChI=1S/C21H22N2O2/c1-3-4-15-16-9-14(25)6-8-20(16)23-21(15)12(2)18-11-22-19-7-5-13(24)10-17(18)19/h5-12,22-25H,3-4H2,1-2H3. The molecule has 4 rings (SSSR count). The number of H-pyrrole nitrogens is 2. The average molecular weight is 334 g/mol. The first kappa shape index (κ1) is 15.6. The summed E-state index contributed by atoms with van der Waals surface area (Å²) in [6, 6.07) is 10.9. The van der Waals surface area contributed by atoms with Gasteiger partial charge in [-0.2, -0.15) is 0 Å². The molecule has 25 heavy (non-hydrogen) atoms. The highest BCUT2D eigenvalue weighted by molar-refractivity contribution is 5.88. The van der Waals surface area contributed by atoms with E-state index in [1.807, 2.05) is 30.5 Å². The number of hydrogen-bond donors (Lipinski definition) is 4. The van der Waals surface area contributed by atoms with Gasteiger partial charge in [0.1, 0.15) is 11.5 Å². The zero-order valence-corrected chi connectivity index (χ0v) is 14.4. The van der Waals surface area contributed by atoms with E-state index in [0.29, 0.717) is 5.75 Å². The summed E-state index contributed by atoms with van der Waals surface area (Å²) in [5.41, 5.74) is 5.65. The lowest BCUT2D eigenvalue weighted by Gasteiger charge is -2.12. The molecule has 4 N–H and O–H groups in total. The maximum atomic E-state index is 9.88. The summed E-state index contributed by atoms with van der Waals surface area (Å²) in [7, 11) is 0. The summed E-state index contributed by atoms with van der Waals surface area (Å²) in [6.07, 6.45) is 4.02. The van der Waals surface area contributed by atoms with Crippen LogP contribution in [-0.2, 0) is 6.42 Å². The van der Waals surface area contributed by atoms with Crippen LogP contribution in [0.5, 0.6) is 11.5 Å². The number of hydrogen-bond acceptors (Lipinski definition) is 2. The van der Waals surface area contributed by atoms with Crippen molar-refractivity contribution >= 4 is 21.8 Å². The molecule has 2 aromatic carbocycles. The van der Waals surface area contributed by atoms with Gasteiger partial charge >= 0.3 is 0 Å². The Morgan fingerprint density at radius 1 is 0.960 bits per heavy atom. The maximum Gasteiger partial charge on any atom is 0.116 e. The summed E-state index contributed by atoms with van der Waals surface area (Å²) in [6.45, 7) is 4.34. The van der Waals surface area contributed by atoms with E-state index in [9.17, 15) is 10.2 Å². The Kier molecular flexibility index (Phi) is 3.68. The molecule has 0 radical (unpaired) electrons. The van der Waals surface area contributed by atoms with Crippen molar-refractivity contribution in [2.45, 2.75) is 32.6 Å². The second-order valence-corrected chi connectivity index (χ2v) is 6.69. The number of fused-ring (bicyclic) bond motifs is 2. The number of phenolic OH excluding ortho intramolecular Hbond substituents is 2. The fourth-order valence-corrected chi connectivity index (χ4v) is 3.79. The molecule has 0 saturated carbocycles. The molecule has 1 unspecified atom stereocenters. The monoisotopic (exact) mass is 334 g/mol. The number of phenols is 2. The fraction of sp³-hybridized carbons (Fsp3) is 0.238. The molecule has 1 atom stereocenters. The van der Waals surface area contributed by atoms with Gasteiger partial charge in [-0.3, -0.25) is 0 Å². The van der Waals surface area contributed by atoms with Gasteiger partial charge in [-0.15, -0.1) is 0 Å². The van der Waals surface area contributed by atoms with E-state index in [-0.39, 0.29) is 11.7 Å². The summed E-state index contributed by atoms with van der Waals surface area (Å²) < 4.78 is 0. The predicted molar refractivity (Wildman–Crippen MR) is 101 cm³/mol. The first-order chi connectivity index (χ1) is 12.1. The third-order valence-electron chi connectivity index (χ3n) is 5.02. The fourth-order valence-electron chi connectivity index (χ4n) is 3.79. The Labute approximate surface area is 146 Å². The largest absolute Gasteiger partial charge is 0.508 e. The highest BCUT2D eigenvalue weighted by atomic mass is 16.3. The number of aromatic nitrogens is 2. The Morgan fingerprint density at radius 3 is 2.36 bits per heavy atom. The van der Waals surface area contributed by atoms with Crippen molar-refractivity contribution in [1.29, 1.82) is 0 Å². The smallest absolute Gasteiger partial charge is 0.116 e. The topological polar surface area (TPSA) is 72.0 Å². The summed E-state index contributed by atoms with van der Waals surface area (Å²) in [5.74, 6) is 0.711. The predicted octanol–water partition coefficient (Wildman–Crippen LogP) is 5.16. The van der Waals surface area contributed by atoms with Crippen LogP contribution in [0.1, 0.15) is 43.0 Å². The van der Waals surface area contributed by atoms with Crippen molar-refractivity contribution in [2.24, 2.45) is 0 Å². The number of aromatic amines is 2. The Bertz CT molecular complexity index is 1060. The van der Waals surface area contributed by atoms with Crippen LogP contribution in [0.15, 0.2) is 42.6 Å². The first-order valence-electron chi connectivity index (χ1n) is 8.72. The van der Waals surface area contributed by atoms with Crippen LogP contribution in [-0.4, -0.2) is 20.2 Å². The minimum atomic E-state index is 0.145. The molecule has 4 aromatic rings. The summed E-state index contributed by atoms with van der Waals surface area (Å²) in [5, 5.41) is 21.9. The molecule has 2 heterocycles. The first-order valence-corrected chi connectivity index (χ1v) is 8.72. The molecule has 0 fully saturated rings. The third-order valence-corrected chi connectivity index (χ3v) is 5.02. The minimum Gasteiger partial charge on any atom is -0.508 e. The number of benzene rings is 2. The van der Waals surface area contributed by atoms with Crippen LogP contribution in [0.4, 0.5) is 0 Å². The lowest BCUT2D eigenvalue weighted by Crippen LogP contribution is -2.00. The van der Waals surface area contributed by atoms with E-state index in [1.165, 1.54) is 11.3 Å². The zero-order valence-electron chi connectivity index (χ0n) is 14.4.